The summed E-state index contributed by atoms with van der Waals surface area (Å²) in [5.74, 6) is -1.15. The minimum Gasteiger partial charge on any atom is -0.478 e. The van der Waals surface area contributed by atoms with E-state index in [1.165, 1.54) is 18.2 Å². The minimum absolute atomic E-state index is 0.00569. The van der Waals surface area contributed by atoms with Crippen LogP contribution in [0.15, 0.2) is 35.7 Å². The number of sulfonamides is 1. The maximum atomic E-state index is 12.4. The molecular formula is C14H18N2O4S. The predicted octanol–water partition coefficient (Wildman–Crippen LogP) is 1.45. The van der Waals surface area contributed by atoms with Crippen molar-refractivity contribution in [3.63, 3.8) is 0 Å². The van der Waals surface area contributed by atoms with E-state index in [1.54, 1.807) is 6.07 Å². The Hall–Kier alpha value is -1.86. The maximum Gasteiger partial charge on any atom is 0.335 e. The molecule has 0 aliphatic carbocycles. The monoisotopic (exact) mass is 310 g/mol. The van der Waals surface area contributed by atoms with Crippen molar-refractivity contribution >= 4 is 21.7 Å². The first-order valence-corrected chi connectivity index (χ1v) is 8.17. The third-order valence-corrected chi connectivity index (χ3v) is 4.81. The summed E-state index contributed by atoms with van der Waals surface area (Å²) in [5.41, 5.74) is 0.506. The second kappa shape index (κ2) is 6.28. The maximum absolute atomic E-state index is 12.4. The molecule has 1 heterocycles. The second-order valence-corrected chi connectivity index (χ2v) is 6.56. The number of carbonyl (C=O) groups is 1. The molecule has 0 bridgehead atoms. The minimum atomic E-state index is -3.77. The molecule has 2 N–H and O–H groups in total. The molecule has 6 nitrogen and oxygen atoms in total. The molecule has 0 radical (unpaired) electrons. The normalized spacial score (nSPS) is 15.1. The van der Waals surface area contributed by atoms with Crippen LogP contribution in [-0.2, 0) is 10.0 Å². The van der Waals surface area contributed by atoms with E-state index in [0.717, 1.165) is 25.9 Å². The van der Waals surface area contributed by atoms with Gasteiger partial charge in [0.25, 0.3) is 0 Å². The van der Waals surface area contributed by atoms with Crippen LogP contribution in [0.1, 0.15) is 23.2 Å². The summed E-state index contributed by atoms with van der Waals surface area (Å²) in [4.78, 5) is 13.1. The van der Waals surface area contributed by atoms with E-state index in [-0.39, 0.29) is 17.0 Å². The van der Waals surface area contributed by atoms with Crippen LogP contribution in [0.25, 0.3) is 0 Å². The van der Waals surface area contributed by atoms with Gasteiger partial charge in [0.1, 0.15) is 4.90 Å². The highest BCUT2D eigenvalue weighted by Gasteiger charge is 2.24. The number of nitrogens with one attached hydrogen (secondary N) is 1. The summed E-state index contributed by atoms with van der Waals surface area (Å²) < 4.78 is 27.1. The van der Waals surface area contributed by atoms with Crippen molar-refractivity contribution in [1.29, 1.82) is 0 Å². The van der Waals surface area contributed by atoms with Crippen molar-refractivity contribution in [1.82, 2.24) is 4.72 Å². The van der Waals surface area contributed by atoms with E-state index in [2.05, 4.69) is 11.3 Å². The van der Waals surface area contributed by atoms with Gasteiger partial charge in [-0.15, -0.1) is 6.58 Å². The van der Waals surface area contributed by atoms with Gasteiger partial charge in [-0.25, -0.2) is 17.9 Å². The number of carboxylic acids is 1. The van der Waals surface area contributed by atoms with Crippen LogP contribution >= 0.6 is 0 Å². The zero-order chi connectivity index (χ0) is 15.5. The van der Waals surface area contributed by atoms with Crippen LogP contribution in [0.3, 0.4) is 0 Å². The number of aromatic carboxylic acids is 1. The SMILES string of the molecule is C=CCNS(=O)(=O)c1cc(C(=O)O)ccc1N1CCCC1. The van der Waals surface area contributed by atoms with Crippen LogP contribution in [0, 0.1) is 0 Å². The molecule has 1 aliphatic heterocycles. The average Bonchev–Trinajstić information content (AvgIpc) is 2.98. The Balaban J connectivity index is 2.50. The predicted molar refractivity (Wildman–Crippen MR) is 80.2 cm³/mol. The molecule has 1 aromatic carbocycles. The first-order valence-electron chi connectivity index (χ1n) is 6.68. The van der Waals surface area contributed by atoms with Gasteiger partial charge in [-0.2, -0.15) is 0 Å². The van der Waals surface area contributed by atoms with Crippen molar-refractivity contribution < 1.29 is 18.3 Å². The van der Waals surface area contributed by atoms with Crippen molar-refractivity contribution in [3.05, 3.63) is 36.4 Å². The molecule has 1 fully saturated rings. The van der Waals surface area contributed by atoms with Gasteiger partial charge < -0.3 is 10.0 Å². The van der Waals surface area contributed by atoms with Crippen molar-refractivity contribution in [2.45, 2.75) is 17.7 Å². The second-order valence-electron chi connectivity index (χ2n) is 4.82. The lowest BCUT2D eigenvalue weighted by Gasteiger charge is -2.21. The Morgan fingerprint density at radius 1 is 1.38 bits per heavy atom. The zero-order valence-electron chi connectivity index (χ0n) is 11.6. The van der Waals surface area contributed by atoms with Gasteiger partial charge in [-0.1, -0.05) is 6.08 Å². The number of benzene rings is 1. The van der Waals surface area contributed by atoms with Gasteiger partial charge in [0, 0.05) is 19.6 Å². The van der Waals surface area contributed by atoms with Gasteiger partial charge >= 0.3 is 5.97 Å². The highest BCUT2D eigenvalue weighted by atomic mass is 32.2. The number of rotatable bonds is 6. The summed E-state index contributed by atoms with van der Waals surface area (Å²) in [5, 5.41) is 9.06. The first-order chi connectivity index (χ1) is 9.95. The highest BCUT2D eigenvalue weighted by molar-refractivity contribution is 7.89. The molecular weight excluding hydrogens is 292 g/mol. The van der Waals surface area contributed by atoms with E-state index in [1.807, 2.05) is 4.90 Å². The molecule has 2 rings (SSSR count). The van der Waals surface area contributed by atoms with Crippen molar-refractivity contribution in [2.75, 3.05) is 24.5 Å². The topological polar surface area (TPSA) is 86.7 Å². The lowest BCUT2D eigenvalue weighted by atomic mass is 10.2. The number of nitrogens with zero attached hydrogens (tertiary/aromatic N) is 1. The molecule has 0 saturated carbocycles. The van der Waals surface area contributed by atoms with Gasteiger partial charge in [0.2, 0.25) is 10.0 Å². The summed E-state index contributed by atoms with van der Waals surface area (Å²) >= 11 is 0. The van der Waals surface area contributed by atoms with E-state index in [0.29, 0.717) is 5.69 Å². The van der Waals surface area contributed by atoms with Crippen molar-refractivity contribution in [2.24, 2.45) is 0 Å². The molecule has 0 unspecified atom stereocenters. The fraction of sp³-hybridized carbons (Fsp3) is 0.357. The molecule has 1 aromatic rings. The third kappa shape index (κ3) is 3.43. The van der Waals surface area contributed by atoms with E-state index >= 15 is 0 Å². The van der Waals surface area contributed by atoms with Gasteiger partial charge in [-0.3, -0.25) is 0 Å². The molecule has 0 atom stereocenters. The quantitative estimate of drug-likeness (QED) is 0.777. The number of anilines is 1. The molecule has 1 aliphatic rings. The van der Waals surface area contributed by atoms with Gasteiger partial charge in [-0.05, 0) is 31.0 Å². The van der Waals surface area contributed by atoms with E-state index < -0.39 is 16.0 Å². The molecule has 114 valence electrons. The van der Waals surface area contributed by atoms with Crippen LogP contribution in [0.5, 0.6) is 0 Å². The standard InChI is InChI=1S/C14H18N2O4S/c1-2-7-15-21(19,20)13-10-11(14(17)18)5-6-12(13)16-8-3-4-9-16/h2,5-6,10,15H,1,3-4,7-9H2,(H,17,18). The lowest BCUT2D eigenvalue weighted by molar-refractivity contribution is 0.0696. The van der Waals surface area contributed by atoms with Crippen LogP contribution in [0.2, 0.25) is 0 Å². The summed E-state index contributed by atoms with van der Waals surface area (Å²) in [6.07, 6.45) is 3.44. The molecule has 0 amide bonds. The van der Waals surface area contributed by atoms with Crippen LogP contribution in [-0.4, -0.2) is 39.1 Å². The van der Waals surface area contributed by atoms with E-state index in [9.17, 15) is 13.2 Å². The molecule has 21 heavy (non-hydrogen) atoms. The van der Waals surface area contributed by atoms with Crippen molar-refractivity contribution in [3.8, 4) is 0 Å². The number of hydrogen-bond acceptors (Lipinski definition) is 4. The largest absolute Gasteiger partial charge is 0.478 e. The molecule has 7 heteroatoms. The molecule has 1 saturated heterocycles. The van der Waals surface area contributed by atoms with Crippen LogP contribution in [0.4, 0.5) is 5.69 Å². The summed E-state index contributed by atoms with van der Waals surface area (Å²) in [7, 11) is -3.77. The van der Waals surface area contributed by atoms with Gasteiger partial charge in [0.05, 0.1) is 11.3 Å². The highest BCUT2D eigenvalue weighted by Crippen LogP contribution is 2.29. The number of hydrogen-bond donors (Lipinski definition) is 2. The molecule has 0 aromatic heterocycles. The van der Waals surface area contributed by atoms with Crippen LogP contribution < -0.4 is 9.62 Å². The Kier molecular flexibility index (Phi) is 4.64. The lowest BCUT2D eigenvalue weighted by Crippen LogP contribution is -2.28. The van der Waals surface area contributed by atoms with Gasteiger partial charge in [0.15, 0.2) is 0 Å². The summed E-state index contributed by atoms with van der Waals surface area (Å²) in [6.45, 7) is 5.12. The summed E-state index contributed by atoms with van der Waals surface area (Å²) in [6, 6.07) is 4.21. The first kappa shape index (κ1) is 15.5. The molecule has 0 spiro atoms. The average molecular weight is 310 g/mol. The Labute approximate surface area is 124 Å². The smallest absolute Gasteiger partial charge is 0.335 e. The Morgan fingerprint density at radius 3 is 2.62 bits per heavy atom. The fourth-order valence-electron chi connectivity index (χ4n) is 2.33. The number of carboxylic acid groups (broad SMARTS) is 1. The Bertz CT molecular complexity index is 649. The Morgan fingerprint density at radius 2 is 2.05 bits per heavy atom. The fourth-order valence-corrected chi connectivity index (χ4v) is 3.58. The van der Waals surface area contributed by atoms with E-state index in [4.69, 9.17) is 5.11 Å². The zero-order valence-corrected chi connectivity index (χ0v) is 12.4. The third-order valence-electron chi connectivity index (χ3n) is 3.36.